The first-order valence-electron chi connectivity index (χ1n) is 7.05. The Bertz CT molecular complexity index is 778. The molecule has 2 aromatic carbocycles. The Hall–Kier alpha value is -1.65. The third-order valence-electron chi connectivity index (χ3n) is 3.87. The van der Waals surface area contributed by atoms with E-state index in [1.54, 1.807) is 0 Å². The lowest BCUT2D eigenvalue weighted by Crippen LogP contribution is -2.01. The fourth-order valence-electron chi connectivity index (χ4n) is 2.51. The van der Waals surface area contributed by atoms with E-state index in [4.69, 9.17) is 11.6 Å². The van der Waals surface area contributed by atoms with Crippen LogP contribution in [-0.2, 0) is 6.54 Å². The van der Waals surface area contributed by atoms with Crippen LogP contribution in [0, 0.1) is 0 Å². The molecule has 0 radical (unpaired) electrons. The SMILES string of the molecule is Clc1ccc2nsnc2c1NCc1ccc(C2CC2)cc1. The van der Waals surface area contributed by atoms with Gasteiger partial charge in [0.05, 0.1) is 22.4 Å². The molecule has 0 unspecified atom stereocenters. The number of hydrogen-bond donors (Lipinski definition) is 1. The number of fused-ring (bicyclic) bond motifs is 1. The highest BCUT2D eigenvalue weighted by molar-refractivity contribution is 7.00. The van der Waals surface area contributed by atoms with Crippen molar-refractivity contribution in [2.45, 2.75) is 25.3 Å². The highest BCUT2D eigenvalue weighted by atomic mass is 35.5. The largest absolute Gasteiger partial charge is 0.378 e. The summed E-state index contributed by atoms with van der Waals surface area (Å²) in [5.41, 5.74) is 5.31. The first-order chi connectivity index (χ1) is 10.3. The van der Waals surface area contributed by atoms with Gasteiger partial charge in [-0.2, -0.15) is 8.75 Å². The average molecular weight is 316 g/mol. The van der Waals surface area contributed by atoms with E-state index in [1.165, 1.54) is 35.7 Å². The summed E-state index contributed by atoms with van der Waals surface area (Å²) < 4.78 is 8.57. The smallest absolute Gasteiger partial charge is 0.129 e. The van der Waals surface area contributed by atoms with Crippen LogP contribution in [0.15, 0.2) is 36.4 Å². The Labute approximate surface area is 132 Å². The predicted octanol–water partition coefficient (Wildman–Crippen LogP) is 4.83. The molecule has 1 aliphatic carbocycles. The minimum atomic E-state index is 0.685. The molecular formula is C16H14ClN3S. The van der Waals surface area contributed by atoms with Gasteiger partial charge < -0.3 is 5.32 Å². The Kier molecular flexibility index (Phi) is 3.28. The van der Waals surface area contributed by atoms with Crippen molar-refractivity contribution in [1.29, 1.82) is 0 Å². The molecule has 1 heterocycles. The maximum absolute atomic E-state index is 6.28. The fourth-order valence-corrected chi connectivity index (χ4v) is 3.27. The number of aromatic nitrogens is 2. The molecule has 0 atom stereocenters. The summed E-state index contributed by atoms with van der Waals surface area (Å²) in [6, 6.07) is 12.6. The van der Waals surface area contributed by atoms with Crippen LogP contribution in [-0.4, -0.2) is 8.75 Å². The van der Waals surface area contributed by atoms with Gasteiger partial charge in [0.2, 0.25) is 0 Å². The third-order valence-corrected chi connectivity index (χ3v) is 4.73. The van der Waals surface area contributed by atoms with E-state index in [1.807, 2.05) is 12.1 Å². The Morgan fingerprint density at radius 1 is 1.10 bits per heavy atom. The van der Waals surface area contributed by atoms with E-state index in [0.717, 1.165) is 29.2 Å². The van der Waals surface area contributed by atoms with Crippen molar-refractivity contribution in [2.75, 3.05) is 5.32 Å². The zero-order valence-corrected chi connectivity index (χ0v) is 12.9. The van der Waals surface area contributed by atoms with Crippen LogP contribution < -0.4 is 5.32 Å². The molecule has 0 bridgehead atoms. The van der Waals surface area contributed by atoms with Gasteiger partial charge >= 0.3 is 0 Å². The summed E-state index contributed by atoms with van der Waals surface area (Å²) in [6.45, 7) is 0.737. The molecule has 1 aliphatic rings. The van der Waals surface area contributed by atoms with Gasteiger partial charge in [-0.05, 0) is 42.0 Å². The molecule has 1 saturated carbocycles. The number of hydrogen-bond acceptors (Lipinski definition) is 4. The van der Waals surface area contributed by atoms with E-state index in [-0.39, 0.29) is 0 Å². The van der Waals surface area contributed by atoms with Crippen LogP contribution in [0.5, 0.6) is 0 Å². The van der Waals surface area contributed by atoms with Crippen LogP contribution in [0.25, 0.3) is 11.0 Å². The molecule has 0 spiro atoms. The van der Waals surface area contributed by atoms with Crippen molar-refractivity contribution < 1.29 is 0 Å². The zero-order chi connectivity index (χ0) is 14.2. The molecule has 4 rings (SSSR count). The molecule has 21 heavy (non-hydrogen) atoms. The van der Waals surface area contributed by atoms with Gasteiger partial charge in [-0.15, -0.1) is 0 Å². The average Bonchev–Trinajstić information content (AvgIpc) is 3.25. The van der Waals surface area contributed by atoms with E-state index >= 15 is 0 Å². The van der Waals surface area contributed by atoms with Gasteiger partial charge in [0.15, 0.2) is 0 Å². The topological polar surface area (TPSA) is 37.8 Å². The fraction of sp³-hybridized carbons (Fsp3) is 0.250. The maximum Gasteiger partial charge on any atom is 0.129 e. The molecule has 1 fully saturated rings. The van der Waals surface area contributed by atoms with Gasteiger partial charge in [0, 0.05) is 6.54 Å². The highest BCUT2D eigenvalue weighted by Gasteiger charge is 2.22. The summed E-state index contributed by atoms with van der Waals surface area (Å²) in [6.07, 6.45) is 2.68. The lowest BCUT2D eigenvalue weighted by Gasteiger charge is -2.09. The molecule has 0 saturated heterocycles. The quantitative estimate of drug-likeness (QED) is 0.749. The van der Waals surface area contributed by atoms with Crippen molar-refractivity contribution in [3.8, 4) is 0 Å². The van der Waals surface area contributed by atoms with E-state index in [2.05, 4.69) is 38.3 Å². The number of benzene rings is 2. The summed E-state index contributed by atoms with van der Waals surface area (Å²) in [5.74, 6) is 0.802. The molecule has 0 aliphatic heterocycles. The van der Waals surface area contributed by atoms with Crippen molar-refractivity contribution in [3.05, 3.63) is 52.5 Å². The van der Waals surface area contributed by atoms with Crippen molar-refractivity contribution in [2.24, 2.45) is 0 Å². The lowest BCUT2D eigenvalue weighted by atomic mass is 10.1. The number of halogens is 1. The monoisotopic (exact) mass is 315 g/mol. The van der Waals surface area contributed by atoms with Crippen LogP contribution in [0.4, 0.5) is 5.69 Å². The van der Waals surface area contributed by atoms with Crippen LogP contribution in [0.1, 0.15) is 29.9 Å². The second-order valence-electron chi connectivity index (χ2n) is 5.42. The second kappa shape index (κ2) is 5.28. The molecule has 1 N–H and O–H groups in total. The Balaban J connectivity index is 1.54. The minimum absolute atomic E-state index is 0.685. The first-order valence-corrected chi connectivity index (χ1v) is 8.15. The van der Waals surface area contributed by atoms with Gasteiger partial charge in [-0.1, -0.05) is 35.9 Å². The second-order valence-corrected chi connectivity index (χ2v) is 6.36. The standard InChI is InChI=1S/C16H14ClN3S/c17-13-7-8-14-16(20-21-19-14)15(13)18-9-10-1-3-11(4-2-10)12-5-6-12/h1-4,7-8,12,18H,5-6,9H2. The molecule has 5 heteroatoms. The van der Waals surface area contributed by atoms with E-state index in [9.17, 15) is 0 Å². The summed E-state index contributed by atoms with van der Waals surface area (Å²) in [7, 11) is 0. The van der Waals surface area contributed by atoms with E-state index in [0.29, 0.717) is 5.02 Å². The molecule has 0 amide bonds. The Morgan fingerprint density at radius 3 is 2.67 bits per heavy atom. The van der Waals surface area contributed by atoms with Crippen molar-refractivity contribution in [3.63, 3.8) is 0 Å². The van der Waals surface area contributed by atoms with E-state index < -0.39 is 0 Å². The van der Waals surface area contributed by atoms with Crippen LogP contribution >= 0.6 is 23.3 Å². The van der Waals surface area contributed by atoms with Gasteiger partial charge in [-0.25, -0.2) is 0 Å². The minimum Gasteiger partial charge on any atom is -0.378 e. The first kappa shape index (κ1) is 13.0. The number of nitrogens with one attached hydrogen (secondary N) is 1. The summed E-state index contributed by atoms with van der Waals surface area (Å²) in [4.78, 5) is 0. The lowest BCUT2D eigenvalue weighted by molar-refractivity contribution is 1.10. The molecular weight excluding hydrogens is 302 g/mol. The predicted molar refractivity (Wildman–Crippen MR) is 88.2 cm³/mol. The Morgan fingerprint density at radius 2 is 1.90 bits per heavy atom. The van der Waals surface area contributed by atoms with Gasteiger partial charge in [0.25, 0.3) is 0 Å². The van der Waals surface area contributed by atoms with Crippen molar-refractivity contribution in [1.82, 2.24) is 8.75 Å². The van der Waals surface area contributed by atoms with Crippen LogP contribution in [0.3, 0.4) is 0 Å². The van der Waals surface area contributed by atoms with Crippen LogP contribution in [0.2, 0.25) is 5.02 Å². The van der Waals surface area contributed by atoms with Gasteiger partial charge in [-0.3, -0.25) is 0 Å². The third kappa shape index (κ3) is 2.61. The van der Waals surface area contributed by atoms with Crippen molar-refractivity contribution >= 4 is 40.0 Å². The summed E-state index contributed by atoms with van der Waals surface area (Å²) in [5, 5.41) is 4.08. The normalized spacial score (nSPS) is 14.5. The zero-order valence-electron chi connectivity index (χ0n) is 11.3. The van der Waals surface area contributed by atoms with Gasteiger partial charge in [0.1, 0.15) is 11.0 Å². The highest BCUT2D eigenvalue weighted by Crippen LogP contribution is 2.40. The molecule has 3 nitrogen and oxygen atoms in total. The summed E-state index contributed by atoms with van der Waals surface area (Å²) >= 11 is 7.49. The number of rotatable bonds is 4. The molecule has 106 valence electrons. The number of anilines is 1. The molecule has 3 aromatic rings. The molecule has 1 aromatic heterocycles. The number of nitrogens with zero attached hydrogens (tertiary/aromatic N) is 2. The maximum atomic E-state index is 6.28.